The molecule has 0 spiro atoms. The van der Waals surface area contributed by atoms with Crippen LogP contribution in [-0.2, 0) is 17.4 Å². The lowest BCUT2D eigenvalue weighted by Gasteiger charge is -2.15. The fourth-order valence-corrected chi connectivity index (χ4v) is 5.26. The number of amides is 1. The van der Waals surface area contributed by atoms with Gasteiger partial charge in [-0.25, -0.2) is 4.98 Å². The Balaban J connectivity index is 1.63. The molecule has 0 saturated carbocycles. The summed E-state index contributed by atoms with van der Waals surface area (Å²) >= 11 is 2.32. The number of aromatic nitrogens is 2. The summed E-state index contributed by atoms with van der Waals surface area (Å²) in [5.41, 5.74) is -0.152. The van der Waals surface area contributed by atoms with Crippen molar-refractivity contribution < 1.29 is 22.7 Å². The molecule has 1 amide bonds. The number of rotatable bonds is 7. The van der Waals surface area contributed by atoms with E-state index in [0.29, 0.717) is 40.8 Å². The number of anilines is 1. The van der Waals surface area contributed by atoms with Crippen LogP contribution >= 0.6 is 23.5 Å². The third kappa shape index (κ3) is 5.25. The summed E-state index contributed by atoms with van der Waals surface area (Å²) in [7, 11) is 0. The van der Waals surface area contributed by atoms with Gasteiger partial charge in [-0.05, 0) is 37.3 Å². The number of carbonyl (C=O) groups excluding carboxylic acids is 1. The lowest BCUT2D eigenvalue weighted by molar-refractivity contribution is -0.137. The van der Waals surface area contributed by atoms with Crippen LogP contribution in [-0.4, -0.2) is 33.6 Å². The van der Waals surface area contributed by atoms with Gasteiger partial charge >= 0.3 is 6.18 Å². The number of carbonyl (C=O) groups is 1. The van der Waals surface area contributed by atoms with E-state index in [1.807, 2.05) is 6.92 Å². The van der Waals surface area contributed by atoms with E-state index in [9.17, 15) is 22.8 Å². The number of hydrogen-bond donors (Lipinski definition) is 1. The van der Waals surface area contributed by atoms with Crippen LogP contribution in [0.4, 0.5) is 18.9 Å². The Hall–Kier alpha value is -2.92. The maximum absolute atomic E-state index is 13.3. The van der Waals surface area contributed by atoms with Crippen molar-refractivity contribution in [3.63, 3.8) is 0 Å². The molecule has 3 aromatic rings. The summed E-state index contributed by atoms with van der Waals surface area (Å²) in [6.45, 7) is 2.27. The molecular weight excluding hydrogens is 487 g/mol. The van der Waals surface area contributed by atoms with E-state index in [2.05, 4.69) is 10.3 Å². The number of aryl methyl sites for hydroxylation is 1. The lowest BCUT2D eigenvalue weighted by atomic mass is 10.2. The summed E-state index contributed by atoms with van der Waals surface area (Å²) < 4.78 is 46.5. The van der Waals surface area contributed by atoms with Gasteiger partial charge in [-0.1, -0.05) is 30.0 Å². The molecule has 178 valence electrons. The molecule has 11 heteroatoms. The number of benzene rings is 2. The molecule has 1 N–H and O–H groups in total. The van der Waals surface area contributed by atoms with Crippen molar-refractivity contribution in [2.45, 2.75) is 29.6 Å². The van der Waals surface area contributed by atoms with Crippen molar-refractivity contribution >= 4 is 35.1 Å². The zero-order chi connectivity index (χ0) is 24.3. The first-order chi connectivity index (χ1) is 16.3. The van der Waals surface area contributed by atoms with E-state index >= 15 is 0 Å². The van der Waals surface area contributed by atoms with E-state index < -0.39 is 17.3 Å². The van der Waals surface area contributed by atoms with Crippen LogP contribution in [0.2, 0.25) is 0 Å². The average molecular weight is 508 g/mol. The van der Waals surface area contributed by atoms with Gasteiger partial charge in [0.1, 0.15) is 5.75 Å². The number of halogens is 3. The van der Waals surface area contributed by atoms with Crippen LogP contribution in [0, 0.1) is 0 Å². The fraction of sp³-hybridized carbons (Fsp3) is 0.261. The molecule has 0 unspecified atom stereocenters. The molecule has 6 nitrogen and oxygen atoms in total. The number of nitrogens with zero attached hydrogens (tertiary/aromatic N) is 2. The lowest BCUT2D eigenvalue weighted by Crippen LogP contribution is -2.25. The molecule has 0 aliphatic carbocycles. The Labute approximate surface area is 201 Å². The highest BCUT2D eigenvalue weighted by Gasteiger charge is 2.31. The van der Waals surface area contributed by atoms with Crippen molar-refractivity contribution in [2.75, 3.05) is 23.4 Å². The van der Waals surface area contributed by atoms with Gasteiger partial charge in [0.2, 0.25) is 5.91 Å². The Morgan fingerprint density at radius 2 is 2.03 bits per heavy atom. The molecule has 0 saturated heterocycles. The van der Waals surface area contributed by atoms with Gasteiger partial charge in [0.05, 0.1) is 39.9 Å². The number of fused-ring (bicyclic) bond motifs is 1. The second-order valence-corrected chi connectivity index (χ2v) is 9.27. The Morgan fingerprint density at radius 1 is 1.24 bits per heavy atom. The van der Waals surface area contributed by atoms with Crippen LogP contribution in [0.5, 0.6) is 5.75 Å². The predicted octanol–water partition coefficient (Wildman–Crippen LogP) is 5.03. The van der Waals surface area contributed by atoms with Gasteiger partial charge < -0.3 is 10.1 Å². The predicted molar refractivity (Wildman–Crippen MR) is 126 cm³/mol. The summed E-state index contributed by atoms with van der Waals surface area (Å²) in [6, 6.07) is 11.5. The molecule has 0 fully saturated rings. The number of nitrogens with one attached hydrogen (secondary N) is 1. The molecule has 1 aliphatic rings. The molecule has 2 heterocycles. The Kier molecular flexibility index (Phi) is 7.22. The third-order valence-corrected chi connectivity index (χ3v) is 6.94. The standard InChI is InChI=1S/C23H20F3N3O3S2/c1-2-32-18-9-4-3-8-16(18)27-19(30)13-34-22-28-17-10-11-33-20(17)21(31)29(22)15-7-5-6-14(12-15)23(24,25)26/h3-9,12H,2,10-11,13H2,1H3,(H,27,30). The topological polar surface area (TPSA) is 73.2 Å². The fourth-order valence-electron chi connectivity index (χ4n) is 3.41. The van der Waals surface area contributed by atoms with Crippen molar-refractivity contribution in [3.05, 3.63) is 70.1 Å². The van der Waals surface area contributed by atoms with Crippen LogP contribution in [0.15, 0.2) is 63.4 Å². The molecule has 2 aromatic carbocycles. The summed E-state index contributed by atoms with van der Waals surface area (Å²) in [4.78, 5) is 30.8. The molecule has 0 radical (unpaired) electrons. The highest BCUT2D eigenvalue weighted by Crippen LogP contribution is 2.33. The number of thioether (sulfide) groups is 2. The summed E-state index contributed by atoms with van der Waals surface area (Å²) in [6.07, 6.45) is -3.97. The SMILES string of the molecule is CCOc1ccccc1NC(=O)CSc1nc2c(c(=O)n1-c1cccc(C(F)(F)F)c1)SCC2. The minimum absolute atomic E-state index is 0.0484. The Bertz CT molecular complexity index is 1280. The number of alkyl halides is 3. The van der Waals surface area contributed by atoms with Crippen molar-refractivity contribution in [3.8, 4) is 11.4 Å². The van der Waals surface area contributed by atoms with E-state index in [1.165, 1.54) is 23.9 Å². The maximum Gasteiger partial charge on any atom is 0.416 e. The van der Waals surface area contributed by atoms with Gasteiger partial charge in [0, 0.05) is 12.2 Å². The molecule has 0 atom stereocenters. The number of ether oxygens (including phenoxy) is 1. The first-order valence-corrected chi connectivity index (χ1v) is 12.4. The van der Waals surface area contributed by atoms with Crippen LogP contribution in [0.3, 0.4) is 0 Å². The van der Waals surface area contributed by atoms with Gasteiger partial charge in [0.15, 0.2) is 5.16 Å². The minimum Gasteiger partial charge on any atom is -0.492 e. The van der Waals surface area contributed by atoms with Gasteiger partial charge in [-0.3, -0.25) is 14.2 Å². The average Bonchev–Trinajstić information content (AvgIpc) is 3.28. The first kappa shape index (κ1) is 24.2. The zero-order valence-electron chi connectivity index (χ0n) is 18.0. The first-order valence-electron chi connectivity index (χ1n) is 10.4. The third-order valence-electron chi connectivity index (χ3n) is 4.89. The second-order valence-electron chi connectivity index (χ2n) is 7.22. The smallest absolute Gasteiger partial charge is 0.416 e. The molecule has 4 rings (SSSR count). The molecule has 1 aliphatic heterocycles. The van der Waals surface area contributed by atoms with Gasteiger partial charge in [0.25, 0.3) is 5.56 Å². The van der Waals surface area contributed by atoms with E-state index in [-0.39, 0.29) is 22.5 Å². The quantitative estimate of drug-likeness (QED) is 0.357. The molecule has 34 heavy (non-hydrogen) atoms. The summed E-state index contributed by atoms with van der Waals surface area (Å²) in [5, 5.41) is 2.93. The van der Waals surface area contributed by atoms with Gasteiger partial charge in [-0.2, -0.15) is 13.2 Å². The van der Waals surface area contributed by atoms with Crippen LogP contribution in [0.1, 0.15) is 18.2 Å². The number of para-hydroxylation sites is 2. The molecular formula is C23H20F3N3O3S2. The minimum atomic E-state index is -4.56. The Morgan fingerprint density at radius 3 is 2.79 bits per heavy atom. The van der Waals surface area contributed by atoms with Crippen LogP contribution < -0.4 is 15.6 Å². The maximum atomic E-state index is 13.3. The summed E-state index contributed by atoms with van der Waals surface area (Å²) in [5.74, 6) is 0.731. The van der Waals surface area contributed by atoms with Crippen LogP contribution in [0.25, 0.3) is 5.69 Å². The highest BCUT2D eigenvalue weighted by molar-refractivity contribution is 8.00. The van der Waals surface area contributed by atoms with E-state index in [1.54, 1.807) is 24.3 Å². The monoisotopic (exact) mass is 507 g/mol. The van der Waals surface area contributed by atoms with Gasteiger partial charge in [-0.15, -0.1) is 11.8 Å². The zero-order valence-corrected chi connectivity index (χ0v) is 19.6. The van der Waals surface area contributed by atoms with E-state index in [4.69, 9.17) is 4.74 Å². The van der Waals surface area contributed by atoms with Crippen molar-refractivity contribution in [1.29, 1.82) is 0 Å². The highest BCUT2D eigenvalue weighted by atomic mass is 32.2. The largest absolute Gasteiger partial charge is 0.492 e. The normalized spacial score (nSPS) is 12.9. The second kappa shape index (κ2) is 10.1. The molecule has 0 bridgehead atoms. The number of hydrogen-bond acceptors (Lipinski definition) is 6. The van der Waals surface area contributed by atoms with Crippen molar-refractivity contribution in [1.82, 2.24) is 9.55 Å². The van der Waals surface area contributed by atoms with E-state index in [0.717, 1.165) is 28.5 Å². The molecule has 1 aromatic heterocycles. The van der Waals surface area contributed by atoms with Crippen molar-refractivity contribution in [2.24, 2.45) is 0 Å².